The topological polar surface area (TPSA) is 0 Å². The molecule has 104 valence electrons. The Bertz CT molecular complexity index is 952. The van der Waals surface area contributed by atoms with E-state index >= 15 is 0 Å². The van der Waals surface area contributed by atoms with Gasteiger partial charge in [-0.2, -0.15) is 0 Å². The molecule has 0 atom stereocenters. The highest BCUT2D eigenvalue weighted by Crippen LogP contribution is 2.39. The summed E-state index contributed by atoms with van der Waals surface area (Å²) in [6.45, 7) is 9.17. The third kappa shape index (κ3) is 1.68. The molecule has 0 aliphatic heterocycles. The minimum atomic E-state index is 0.175. The molecule has 0 nitrogen and oxygen atoms in total. The van der Waals surface area contributed by atoms with Crippen molar-refractivity contribution in [3.05, 3.63) is 59.7 Å². The lowest BCUT2D eigenvalue weighted by Gasteiger charge is -2.24. The lowest BCUT2D eigenvalue weighted by atomic mass is 9.80. The van der Waals surface area contributed by atoms with Crippen molar-refractivity contribution in [1.29, 1.82) is 0 Å². The van der Waals surface area contributed by atoms with Crippen LogP contribution in [0.15, 0.2) is 48.5 Å². The highest BCUT2D eigenvalue weighted by atomic mass is 14.2. The average molecular weight is 272 g/mol. The van der Waals surface area contributed by atoms with E-state index in [1.807, 2.05) is 0 Å². The molecule has 0 radical (unpaired) electrons. The molecule has 21 heavy (non-hydrogen) atoms. The Balaban J connectivity index is 2.30. The Morgan fingerprint density at radius 3 is 2.00 bits per heavy atom. The van der Waals surface area contributed by atoms with Crippen molar-refractivity contribution in [2.45, 2.75) is 33.1 Å². The molecule has 0 amide bonds. The van der Waals surface area contributed by atoms with Crippen molar-refractivity contribution in [2.24, 2.45) is 0 Å². The fourth-order valence-electron chi connectivity index (χ4n) is 3.73. The molecule has 0 aromatic heterocycles. The van der Waals surface area contributed by atoms with E-state index in [2.05, 4.69) is 76.2 Å². The van der Waals surface area contributed by atoms with Crippen LogP contribution in [0.4, 0.5) is 0 Å². The van der Waals surface area contributed by atoms with Gasteiger partial charge in [0.1, 0.15) is 0 Å². The first kappa shape index (κ1) is 12.6. The van der Waals surface area contributed by atoms with Crippen LogP contribution in [-0.2, 0) is 5.41 Å². The summed E-state index contributed by atoms with van der Waals surface area (Å²) >= 11 is 0. The summed E-state index contributed by atoms with van der Waals surface area (Å²) in [6.07, 6.45) is 0. The van der Waals surface area contributed by atoms with Gasteiger partial charge < -0.3 is 0 Å². The molecule has 4 aromatic carbocycles. The molecule has 0 saturated carbocycles. The van der Waals surface area contributed by atoms with Gasteiger partial charge in [-0.3, -0.25) is 0 Å². The third-order valence-electron chi connectivity index (χ3n) is 4.72. The molecule has 4 aromatic rings. The van der Waals surface area contributed by atoms with Crippen LogP contribution < -0.4 is 0 Å². The lowest BCUT2D eigenvalue weighted by molar-refractivity contribution is 0.588. The quantitative estimate of drug-likeness (QED) is 0.335. The molecule has 0 unspecified atom stereocenters. The van der Waals surface area contributed by atoms with Crippen LogP contribution in [0, 0.1) is 6.92 Å². The molecule has 0 heteroatoms. The second-order valence-electron chi connectivity index (χ2n) is 7.16. The van der Waals surface area contributed by atoms with E-state index in [1.165, 1.54) is 43.4 Å². The molecule has 0 heterocycles. The maximum atomic E-state index is 2.39. The smallest absolute Gasteiger partial charge is 0.00239 e. The Hall–Kier alpha value is -2.08. The van der Waals surface area contributed by atoms with Gasteiger partial charge in [-0.1, -0.05) is 69.3 Å². The standard InChI is InChI=1S/C21H20/c1-13-17-11-10-15-7-5-6-14-8-9-16(20(17)19(14)15)12-18(13)21(2,3)4/h5-12H,1-4H3. The number of rotatable bonds is 0. The summed E-state index contributed by atoms with van der Waals surface area (Å²) in [7, 11) is 0. The first-order valence-electron chi connectivity index (χ1n) is 7.64. The van der Waals surface area contributed by atoms with E-state index < -0.39 is 0 Å². The van der Waals surface area contributed by atoms with Gasteiger partial charge in [0.15, 0.2) is 0 Å². The molecule has 0 fully saturated rings. The minimum Gasteiger partial charge on any atom is -0.0610 e. The van der Waals surface area contributed by atoms with Crippen LogP contribution in [0.5, 0.6) is 0 Å². The van der Waals surface area contributed by atoms with Crippen molar-refractivity contribution in [3.63, 3.8) is 0 Å². The molecule has 0 N–H and O–H groups in total. The van der Waals surface area contributed by atoms with Gasteiger partial charge in [0.05, 0.1) is 0 Å². The Kier molecular flexibility index (Phi) is 2.39. The van der Waals surface area contributed by atoms with Crippen molar-refractivity contribution < 1.29 is 0 Å². The average Bonchev–Trinajstić information content (AvgIpc) is 2.45. The summed E-state index contributed by atoms with van der Waals surface area (Å²) < 4.78 is 0. The third-order valence-corrected chi connectivity index (χ3v) is 4.72. The second kappa shape index (κ2) is 3.98. The van der Waals surface area contributed by atoms with E-state index in [-0.39, 0.29) is 5.41 Å². The van der Waals surface area contributed by atoms with Gasteiger partial charge in [0, 0.05) is 0 Å². The van der Waals surface area contributed by atoms with Crippen LogP contribution >= 0.6 is 0 Å². The normalized spacial score (nSPS) is 12.8. The van der Waals surface area contributed by atoms with Crippen molar-refractivity contribution in [1.82, 2.24) is 0 Å². The van der Waals surface area contributed by atoms with Crippen molar-refractivity contribution in [3.8, 4) is 0 Å². The van der Waals surface area contributed by atoms with Crippen molar-refractivity contribution in [2.75, 3.05) is 0 Å². The van der Waals surface area contributed by atoms with Gasteiger partial charge in [-0.05, 0) is 55.8 Å². The molecule has 0 aliphatic rings. The highest BCUT2D eigenvalue weighted by Gasteiger charge is 2.20. The number of hydrogen-bond acceptors (Lipinski definition) is 0. The first-order chi connectivity index (χ1) is 9.97. The predicted octanol–water partition coefficient (Wildman–Crippen LogP) is 6.19. The van der Waals surface area contributed by atoms with Crippen molar-refractivity contribution >= 4 is 32.3 Å². The van der Waals surface area contributed by atoms with Gasteiger partial charge in [0.2, 0.25) is 0 Å². The van der Waals surface area contributed by atoms with Crippen LogP contribution in [0.25, 0.3) is 32.3 Å². The second-order valence-corrected chi connectivity index (χ2v) is 7.16. The molecule has 4 rings (SSSR count). The maximum absolute atomic E-state index is 2.39. The van der Waals surface area contributed by atoms with Crippen LogP contribution in [0.1, 0.15) is 31.9 Å². The molecule has 0 aliphatic carbocycles. The molecule has 0 spiro atoms. The van der Waals surface area contributed by atoms with Gasteiger partial charge >= 0.3 is 0 Å². The zero-order chi connectivity index (χ0) is 14.8. The SMILES string of the molecule is Cc1c(C(C)(C)C)cc2ccc3cccc4ccc1c2c34. The Morgan fingerprint density at radius 2 is 1.33 bits per heavy atom. The number of benzene rings is 4. The number of hydrogen-bond donors (Lipinski definition) is 0. The van der Waals surface area contributed by atoms with Crippen LogP contribution in [0.3, 0.4) is 0 Å². The van der Waals surface area contributed by atoms with E-state index in [0.29, 0.717) is 0 Å². The van der Waals surface area contributed by atoms with E-state index in [0.717, 1.165) is 0 Å². The molecular formula is C21H20. The monoisotopic (exact) mass is 272 g/mol. The molecule has 0 bridgehead atoms. The Labute approximate surface area is 125 Å². The zero-order valence-electron chi connectivity index (χ0n) is 13.1. The van der Waals surface area contributed by atoms with E-state index in [4.69, 9.17) is 0 Å². The fraction of sp³-hybridized carbons (Fsp3) is 0.238. The molecule has 0 saturated heterocycles. The Morgan fingerprint density at radius 1 is 0.714 bits per heavy atom. The minimum absolute atomic E-state index is 0.175. The summed E-state index contributed by atoms with van der Waals surface area (Å²) in [6, 6.07) is 18.1. The zero-order valence-corrected chi connectivity index (χ0v) is 13.1. The summed E-state index contributed by atoms with van der Waals surface area (Å²) in [5, 5.41) is 8.29. The maximum Gasteiger partial charge on any atom is -0.00239 e. The summed E-state index contributed by atoms with van der Waals surface area (Å²) in [4.78, 5) is 0. The first-order valence-corrected chi connectivity index (χ1v) is 7.64. The molecular weight excluding hydrogens is 252 g/mol. The fourth-order valence-corrected chi connectivity index (χ4v) is 3.73. The van der Waals surface area contributed by atoms with E-state index in [9.17, 15) is 0 Å². The number of aryl methyl sites for hydroxylation is 1. The predicted molar refractivity (Wildman–Crippen MR) is 93.6 cm³/mol. The van der Waals surface area contributed by atoms with Crippen LogP contribution in [0.2, 0.25) is 0 Å². The van der Waals surface area contributed by atoms with Crippen LogP contribution in [-0.4, -0.2) is 0 Å². The van der Waals surface area contributed by atoms with Gasteiger partial charge in [-0.15, -0.1) is 0 Å². The largest absolute Gasteiger partial charge is 0.0610 e. The van der Waals surface area contributed by atoms with Gasteiger partial charge in [-0.25, -0.2) is 0 Å². The summed E-state index contributed by atoms with van der Waals surface area (Å²) in [5.41, 5.74) is 3.05. The van der Waals surface area contributed by atoms with E-state index in [1.54, 1.807) is 0 Å². The highest BCUT2D eigenvalue weighted by molar-refractivity contribution is 6.23. The van der Waals surface area contributed by atoms with Gasteiger partial charge in [0.25, 0.3) is 0 Å². The summed E-state index contributed by atoms with van der Waals surface area (Å²) in [5.74, 6) is 0. The lowest BCUT2D eigenvalue weighted by Crippen LogP contribution is -2.13.